The number of amides is 1. The molecule has 10 heteroatoms. The molecule has 5 rings (SSSR count). The van der Waals surface area contributed by atoms with Gasteiger partial charge in [-0.05, 0) is 62.2 Å². The van der Waals surface area contributed by atoms with Crippen molar-refractivity contribution in [2.24, 2.45) is 0 Å². The van der Waals surface area contributed by atoms with Gasteiger partial charge >= 0.3 is 0 Å². The molecule has 8 nitrogen and oxygen atoms in total. The van der Waals surface area contributed by atoms with Crippen LogP contribution in [0.5, 0.6) is 11.5 Å². The monoisotopic (exact) mass is 563 g/mol. The van der Waals surface area contributed by atoms with Crippen molar-refractivity contribution in [2.45, 2.75) is 33.4 Å². The van der Waals surface area contributed by atoms with Crippen LogP contribution in [0.25, 0.3) is 0 Å². The van der Waals surface area contributed by atoms with Crippen molar-refractivity contribution in [3.05, 3.63) is 105 Å². The smallest absolute Gasteiger partial charge is 0.255 e. The fourth-order valence-corrected chi connectivity index (χ4v) is 5.01. The highest BCUT2D eigenvalue weighted by molar-refractivity contribution is 6.35. The van der Waals surface area contributed by atoms with Gasteiger partial charge in [0.15, 0.2) is 11.5 Å². The van der Waals surface area contributed by atoms with Crippen molar-refractivity contribution in [1.82, 2.24) is 14.8 Å². The highest BCUT2D eigenvalue weighted by Gasteiger charge is 2.34. The summed E-state index contributed by atoms with van der Waals surface area (Å²) < 4.78 is 13.7. The molecule has 0 saturated carbocycles. The van der Waals surface area contributed by atoms with Crippen LogP contribution in [-0.2, 0) is 11.4 Å². The van der Waals surface area contributed by atoms with Crippen molar-refractivity contribution in [2.75, 3.05) is 17.2 Å². The maximum absolute atomic E-state index is 13.7. The molecular weight excluding hydrogens is 537 g/mol. The van der Waals surface area contributed by atoms with Gasteiger partial charge in [-0.1, -0.05) is 53.5 Å². The number of aryl methyl sites for hydroxylation is 1. The third-order valence-corrected chi connectivity index (χ3v) is 7.16. The number of hydrogen-bond donors (Lipinski definition) is 2. The Labute approximate surface area is 236 Å². The van der Waals surface area contributed by atoms with E-state index in [0.717, 1.165) is 16.8 Å². The average molecular weight is 564 g/mol. The molecule has 0 spiro atoms. The first-order chi connectivity index (χ1) is 18.9. The minimum absolute atomic E-state index is 0.168. The number of rotatable bonds is 8. The Morgan fingerprint density at radius 1 is 1.03 bits per heavy atom. The molecule has 0 radical (unpaired) electrons. The van der Waals surface area contributed by atoms with Crippen LogP contribution < -0.4 is 20.1 Å². The SMILES string of the molecule is CCOc1cc([C@H]2C(C(=O)Nc3ccccc3C)=C(C)Nc3ncnn32)ccc1OCc1c(Cl)cccc1Cl. The molecule has 1 aliphatic rings. The number of anilines is 2. The molecule has 0 aliphatic carbocycles. The van der Waals surface area contributed by atoms with Gasteiger partial charge in [0, 0.05) is 27.0 Å². The maximum atomic E-state index is 13.7. The van der Waals surface area contributed by atoms with Gasteiger partial charge in [0.25, 0.3) is 5.91 Å². The topological polar surface area (TPSA) is 90.3 Å². The van der Waals surface area contributed by atoms with Gasteiger partial charge in [-0.2, -0.15) is 10.1 Å². The normalized spacial score (nSPS) is 14.4. The van der Waals surface area contributed by atoms with Crippen LogP contribution in [0, 0.1) is 6.92 Å². The number of allylic oxidation sites excluding steroid dienone is 1. The van der Waals surface area contributed by atoms with Crippen LogP contribution in [0.15, 0.2) is 78.3 Å². The van der Waals surface area contributed by atoms with E-state index in [9.17, 15) is 4.79 Å². The Morgan fingerprint density at radius 3 is 2.54 bits per heavy atom. The molecule has 200 valence electrons. The largest absolute Gasteiger partial charge is 0.490 e. The second kappa shape index (κ2) is 11.4. The number of nitrogens with zero attached hydrogens (tertiary/aromatic N) is 3. The molecule has 1 atom stereocenters. The molecule has 2 N–H and O–H groups in total. The summed E-state index contributed by atoms with van der Waals surface area (Å²) in [6.07, 6.45) is 1.46. The lowest BCUT2D eigenvalue weighted by atomic mass is 9.94. The zero-order chi connectivity index (χ0) is 27.5. The maximum Gasteiger partial charge on any atom is 0.255 e. The van der Waals surface area contributed by atoms with Crippen molar-refractivity contribution >= 4 is 40.7 Å². The Balaban J connectivity index is 1.51. The summed E-state index contributed by atoms with van der Waals surface area (Å²) in [6.45, 7) is 6.29. The molecule has 0 saturated heterocycles. The molecule has 0 unspecified atom stereocenters. The number of aromatic nitrogens is 3. The minimum atomic E-state index is -0.556. The standard InChI is InChI=1S/C29H27Cl2N5O3/c1-4-38-25-14-19(12-13-24(25)39-15-20-21(30)9-7-10-22(20)31)27-26(18(3)34-29-32-16-33-36(27)29)28(37)35-23-11-6-5-8-17(23)2/h5-14,16,27H,4,15H2,1-3H3,(H,35,37)(H,32,33,34)/t27-/m0/s1. The third kappa shape index (κ3) is 5.44. The van der Waals surface area contributed by atoms with E-state index < -0.39 is 6.04 Å². The van der Waals surface area contributed by atoms with Gasteiger partial charge in [-0.15, -0.1) is 0 Å². The first-order valence-electron chi connectivity index (χ1n) is 12.4. The number of hydrogen-bond acceptors (Lipinski definition) is 6. The van der Waals surface area contributed by atoms with Crippen LogP contribution >= 0.6 is 23.2 Å². The highest BCUT2D eigenvalue weighted by Crippen LogP contribution is 2.39. The van der Waals surface area contributed by atoms with E-state index >= 15 is 0 Å². The molecule has 1 aliphatic heterocycles. The van der Waals surface area contributed by atoms with E-state index in [1.54, 1.807) is 22.9 Å². The molecule has 2 heterocycles. The molecule has 4 aromatic rings. The number of carbonyl (C=O) groups excluding carboxylic acids is 1. The number of nitrogens with one attached hydrogen (secondary N) is 2. The summed E-state index contributed by atoms with van der Waals surface area (Å²) in [6, 6.07) is 18.0. The first-order valence-corrected chi connectivity index (χ1v) is 13.2. The molecular formula is C29H27Cl2N5O3. The lowest BCUT2D eigenvalue weighted by Crippen LogP contribution is -2.31. The average Bonchev–Trinajstić information content (AvgIpc) is 3.38. The fourth-order valence-electron chi connectivity index (χ4n) is 4.50. The predicted octanol–water partition coefficient (Wildman–Crippen LogP) is 6.80. The Morgan fingerprint density at radius 2 is 1.79 bits per heavy atom. The quantitative estimate of drug-likeness (QED) is 0.245. The van der Waals surface area contributed by atoms with Crippen molar-refractivity contribution in [3.8, 4) is 11.5 Å². The Kier molecular flexibility index (Phi) is 7.77. The Hall–Kier alpha value is -4.01. The summed E-state index contributed by atoms with van der Waals surface area (Å²) >= 11 is 12.7. The molecule has 1 aromatic heterocycles. The molecule has 0 fully saturated rings. The molecule has 1 amide bonds. The van der Waals surface area contributed by atoms with Crippen LogP contribution in [0.3, 0.4) is 0 Å². The molecule has 39 heavy (non-hydrogen) atoms. The van der Waals surface area contributed by atoms with Crippen LogP contribution in [-0.4, -0.2) is 27.3 Å². The summed E-state index contributed by atoms with van der Waals surface area (Å²) in [7, 11) is 0. The van der Waals surface area contributed by atoms with Crippen molar-refractivity contribution in [1.29, 1.82) is 0 Å². The van der Waals surface area contributed by atoms with E-state index in [2.05, 4.69) is 20.7 Å². The van der Waals surface area contributed by atoms with Crippen molar-refractivity contribution in [3.63, 3.8) is 0 Å². The van der Waals surface area contributed by atoms with E-state index in [1.807, 2.05) is 63.2 Å². The van der Waals surface area contributed by atoms with Gasteiger partial charge in [0.2, 0.25) is 5.95 Å². The number of fused-ring (bicyclic) bond motifs is 1. The van der Waals surface area contributed by atoms with Crippen LogP contribution in [0.2, 0.25) is 10.0 Å². The lowest BCUT2D eigenvalue weighted by molar-refractivity contribution is -0.113. The van der Waals surface area contributed by atoms with E-state index in [4.69, 9.17) is 32.7 Å². The number of halogens is 2. The molecule has 0 bridgehead atoms. The van der Waals surface area contributed by atoms with E-state index in [1.165, 1.54) is 6.33 Å². The van der Waals surface area contributed by atoms with Crippen molar-refractivity contribution < 1.29 is 14.3 Å². The predicted molar refractivity (Wildman–Crippen MR) is 153 cm³/mol. The third-order valence-electron chi connectivity index (χ3n) is 6.45. The van der Waals surface area contributed by atoms with Gasteiger partial charge in [0.1, 0.15) is 19.0 Å². The second-order valence-corrected chi connectivity index (χ2v) is 9.81. The number of carbonyl (C=O) groups is 1. The summed E-state index contributed by atoms with van der Waals surface area (Å²) in [5.41, 5.74) is 4.36. The van der Waals surface area contributed by atoms with Gasteiger partial charge in [0.05, 0.1) is 12.2 Å². The highest BCUT2D eigenvalue weighted by atomic mass is 35.5. The zero-order valence-corrected chi connectivity index (χ0v) is 23.2. The fraction of sp³-hybridized carbons (Fsp3) is 0.207. The van der Waals surface area contributed by atoms with E-state index in [-0.39, 0.29) is 12.5 Å². The number of benzene rings is 3. The zero-order valence-electron chi connectivity index (χ0n) is 21.7. The van der Waals surface area contributed by atoms with Gasteiger partial charge < -0.3 is 20.1 Å². The number of ether oxygens (including phenoxy) is 2. The number of para-hydroxylation sites is 1. The van der Waals surface area contributed by atoms with Crippen LogP contribution in [0.4, 0.5) is 11.6 Å². The lowest BCUT2D eigenvalue weighted by Gasteiger charge is -2.29. The summed E-state index contributed by atoms with van der Waals surface area (Å²) in [5.74, 6) is 1.34. The summed E-state index contributed by atoms with van der Waals surface area (Å²) in [5, 5.41) is 11.7. The van der Waals surface area contributed by atoms with E-state index in [0.29, 0.717) is 50.9 Å². The van der Waals surface area contributed by atoms with Gasteiger partial charge in [-0.25, -0.2) is 4.68 Å². The van der Waals surface area contributed by atoms with Crippen LogP contribution in [0.1, 0.15) is 36.6 Å². The summed E-state index contributed by atoms with van der Waals surface area (Å²) in [4.78, 5) is 18.0. The first kappa shape index (κ1) is 26.6. The Bertz CT molecular complexity index is 1550. The second-order valence-electron chi connectivity index (χ2n) is 8.99. The minimum Gasteiger partial charge on any atom is -0.490 e. The molecule has 3 aromatic carbocycles. The van der Waals surface area contributed by atoms with Gasteiger partial charge in [-0.3, -0.25) is 4.79 Å².